The lowest BCUT2D eigenvalue weighted by Gasteiger charge is -2.48. The molecular weight excluding hydrogens is 1230 g/mol. The Labute approximate surface area is 581 Å². The number of carbonyl (C=O) groups is 1. The van der Waals surface area contributed by atoms with Gasteiger partial charge in [-0.3, -0.25) is 4.79 Å². The van der Waals surface area contributed by atoms with Crippen LogP contribution < -0.4 is 5.32 Å². The van der Waals surface area contributed by atoms with Gasteiger partial charge in [0.1, 0.15) is 73.2 Å². The van der Waals surface area contributed by atoms with Crippen molar-refractivity contribution < 1.29 is 89.4 Å². The van der Waals surface area contributed by atoms with Crippen LogP contribution in [-0.4, -0.2) is 193 Å². The van der Waals surface area contributed by atoms with Crippen molar-refractivity contribution >= 4 is 5.91 Å². The van der Waals surface area contributed by atoms with E-state index in [4.69, 9.17) is 28.4 Å². The van der Waals surface area contributed by atoms with E-state index >= 15 is 0 Å². The molecule has 17 unspecified atom stereocenters. The van der Waals surface area contributed by atoms with Crippen molar-refractivity contribution in [1.82, 2.24) is 5.32 Å². The highest BCUT2D eigenvalue weighted by Gasteiger charge is 2.53. The second-order valence-corrected chi connectivity index (χ2v) is 28.5. The molecule has 0 bridgehead atoms. The van der Waals surface area contributed by atoms with Gasteiger partial charge in [-0.2, -0.15) is 0 Å². The van der Waals surface area contributed by atoms with Crippen LogP contribution in [0.4, 0.5) is 0 Å². The number of carbonyl (C=O) groups excluding carboxylic acids is 1. The molecule has 0 saturated carbocycles. The molecule has 1 amide bonds. The van der Waals surface area contributed by atoms with Gasteiger partial charge in [-0.15, -0.1) is 0 Å². The zero-order valence-corrected chi connectivity index (χ0v) is 60.4. The van der Waals surface area contributed by atoms with Gasteiger partial charge in [0.05, 0.1) is 38.6 Å². The maximum absolute atomic E-state index is 13.4. The molecule has 566 valence electrons. The molecule has 3 aliphatic rings. The van der Waals surface area contributed by atoms with Crippen molar-refractivity contribution in [2.24, 2.45) is 0 Å². The van der Waals surface area contributed by atoms with Crippen molar-refractivity contribution in [3.8, 4) is 0 Å². The van der Waals surface area contributed by atoms with E-state index in [2.05, 4.69) is 31.3 Å². The summed E-state index contributed by atoms with van der Waals surface area (Å²) in [5, 5.41) is 120. The summed E-state index contributed by atoms with van der Waals surface area (Å²) in [4.78, 5) is 13.4. The molecule has 12 N–H and O–H groups in total. The molecule has 3 saturated heterocycles. The predicted octanol–water partition coefficient (Wildman–Crippen LogP) is 12.6. The van der Waals surface area contributed by atoms with Crippen LogP contribution in [0, 0.1) is 0 Å². The van der Waals surface area contributed by atoms with Gasteiger partial charge in [-0.25, -0.2) is 0 Å². The third-order valence-electron chi connectivity index (χ3n) is 20.0. The molecule has 0 spiro atoms. The molecule has 0 aromatic rings. The Morgan fingerprint density at radius 3 is 1.04 bits per heavy atom. The van der Waals surface area contributed by atoms with Gasteiger partial charge >= 0.3 is 0 Å². The summed E-state index contributed by atoms with van der Waals surface area (Å²) >= 11 is 0. The molecule has 19 heteroatoms. The first-order valence-electron chi connectivity index (χ1n) is 39.6. The molecule has 0 aromatic carbocycles. The molecule has 3 fully saturated rings. The predicted molar refractivity (Wildman–Crippen MR) is 379 cm³/mol. The zero-order valence-electron chi connectivity index (χ0n) is 60.4. The standard InChI is InChI=1S/C77H145NO18/c1-3-5-7-9-11-13-15-16-17-18-19-20-21-22-23-24-25-26-27-28-29-30-31-32-33-34-35-36-37-38-39-40-41-42-43-45-47-49-51-53-55-65(83)78-60(61(82)54-52-50-48-46-44-14-12-10-8-6-4-2)59-91-75-71(89)68(86)73(63(57-80)93-75)96-77-72(90)69(87)74(64(58-81)94-77)95-76-70(88)67(85)66(84)62(56-79)92-76/h44,46,52,54,60-64,66-77,79-82,84-90H,3-43,45,47-51,53,55-59H2,1-2H3,(H,78,83)/b46-44+,54-52+. The second kappa shape index (κ2) is 58.7. The van der Waals surface area contributed by atoms with Crippen LogP contribution in [0.1, 0.15) is 328 Å². The van der Waals surface area contributed by atoms with E-state index in [1.807, 2.05) is 6.08 Å². The van der Waals surface area contributed by atoms with Gasteiger partial charge < -0.3 is 89.9 Å². The Hall–Kier alpha value is -1.73. The van der Waals surface area contributed by atoms with Crippen molar-refractivity contribution in [1.29, 1.82) is 0 Å². The maximum Gasteiger partial charge on any atom is 0.220 e. The Morgan fingerprint density at radius 1 is 0.365 bits per heavy atom. The normalized spacial score (nSPS) is 27.1. The van der Waals surface area contributed by atoms with Crippen molar-refractivity contribution in [2.75, 3.05) is 26.4 Å². The average molecular weight is 1370 g/mol. The summed E-state index contributed by atoms with van der Waals surface area (Å²) in [5.41, 5.74) is 0. The van der Waals surface area contributed by atoms with Gasteiger partial charge in [-0.1, -0.05) is 314 Å². The summed E-state index contributed by atoms with van der Waals surface area (Å²) < 4.78 is 34.3. The molecular formula is C77H145NO18. The van der Waals surface area contributed by atoms with E-state index in [-0.39, 0.29) is 18.9 Å². The van der Waals surface area contributed by atoms with Gasteiger partial charge in [0.25, 0.3) is 0 Å². The molecule has 19 nitrogen and oxygen atoms in total. The zero-order chi connectivity index (χ0) is 69.6. The fourth-order valence-electron chi connectivity index (χ4n) is 13.6. The lowest BCUT2D eigenvalue weighted by atomic mass is 9.96. The molecule has 3 rings (SSSR count). The Morgan fingerprint density at radius 2 is 0.667 bits per heavy atom. The van der Waals surface area contributed by atoms with Crippen LogP contribution >= 0.6 is 0 Å². The van der Waals surface area contributed by atoms with E-state index in [1.54, 1.807) is 6.08 Å². The summed E-state index contributed by atoms with van der Waals surface area (Å²) in [5.74, 6) is -0.281. The SMILES string of the molecule is CCCCCCC/C=C/CC/C=C/C(O)C(COC1OC(CO)C(OC2OC(CO)C(OC3OC(CO)C(O)C(O)C3O)C(O)C2O)C(O)C1O)NC(=O)CCCCCCCCCCCCCCCCCCCCCCCCCCCCCCCCCCCCCCCCCC. The van der Waals surface area contributed by atoms with E-state index in [1.165, 1.54) is 257 Å². The smallest absolute Gasteiger partial charge is 0.220 e. The van der Waals surface area contributed by atoms with Crippen molar-refractivity contribution in [3.05, 3.63) is 24.3 Å². The number of allylic oxidation sites excluding steroid dienone is 3. The number of amides is 1. The molecule has 0 radical (unpaired) electrons. The molecule has 17 atom stereocenters. The van der Waals surface area contributed by atoms with E-state index in [0.29, 0.717) is 12.8 Å². The average Bonchev–Trinajstić information content (AvgIpc) is 0.791. The van der Waals surface area contributed by atoms with Crippen molar-refractivity contribution in [3.63, 3.8) is 0 Å². The number of ether oxygens (including phenoxy) is 6. The first-order chi connectivity index (χ1) is 46.8. The molecule has 3 aliphatic heterocycles. The largest absolute Gasteiger partial charge is 0.394 e. The Bertz CT molecular complexity index is 1830. The van der Waals surface area contributed by atoms with Gasteiger partial charge in [0.15, 0.2) is 18.9 Å². The van der Waals surface area contributed by atoms with E-state index < -0.39 is 124 Å². The number of aliphatic hydroxyl groups is 11. The monoisotopic (exact) mass is 1370 g/mol. The summed E-state index contributed by atoms with van der Waals surface area (Å²) in [7, 11) is 0. The lowest BCUT2D eigenvalue weighted by molar-refractivity contribution is -0.379. The summed E-state index contributed by atoms with van der Waals surface area (Å²) in [6, 6.07) is -0.986. The van der Waals surface area contributed by atoms with Crippen LogP contribution in [0.15, 0.2) is 24.3 Å². The maximum atomic E-state index is 13.4. The fourth-order valence-corrected chi connectivity index (χ4v) is 13.6. The number of rotatable bonds is 63. The highest BCUT2D eigenvalue weighted by atomic mass is 16.8. The van der Waals surface area contributed by atoms with Crippen LogP contribution in [0.5, 0.6) is 0 Å². The van der Waals surface area contributed by atoms with Crippen LogP contribution in [0.3, 0.4) is 0 Å². The molecule has 3 heterocycles. The van der Waals surface area contributed by atoms with E-state index in [0.717, 1.165) is 38.5 Å². The highest BCUT2D eigenvalue weighted by molar-refractivity contribution is 5.76. The number of aliphatic hydroxyl groups excluding tert-OH is 11. The number of hydrogen-bond acceptors (Lipinski definition) is 18. The van der Waals surface area contributed by atoms with Crippen LogP contribution in [-0.2, 0) is 33.2 Å². The summed E-state index contributed by atoms with van der Waals surface area (Å²) in [6.07, 6.45) is 43.8. The van der Waals surface area contributed by atoms with Gasteiger partial charge in [-0.05, 0) is 32.1 Å². The Kier molecular flexibility index (Phi) is 54.1. The molecule has 0 aliphatic carbocycles. The van der Waals surface area contributed by atoms with E-state index in [9.17, 15) is 61.0 Å². The molecule has 96 heavy (non-hydrogen) atoms. The first kappa shape index (κ1) is 88.5. The third kappa shape index (κ3) is 39.1. The Balaban J connectivity index is 1.25. The van der Waals surface area contributed by atoms with Crippen molar-refractivity contribution in [2.45, 2.75) is 433 Å². The fraction of sp³-hybridized carbons (Fsp3) is 0.935. The number of unbranched alkanes of at least 4 members (excludes halogenated alkanes) is 45. The lowest BCUT2D eigenvalue weighted by Crippen LogP contribution is -2.66. The first-order valence-corrected chi connectivity index (χ1v) is 39.6. The number of hydrogen-bond donors (Lipinski definition) is 12. The number of nitrogens with one attached hydrogen (secondary N) is 1. The summed E-state index contributed by atoms with van der Waals surface area (Å²) in [6.45, 7) is 1.71. The molecule has 0 aromatic heterocycles. The van der Waals surface area contributed by atoms with Crippen LogP contribution in [0.2, 0.25) is 0 Å². The highest BCUT2D eigenvalue weighted by Crippen LogP contribution is 2.33. The van der Waals surface area contributed by atoms with Gasteiger partial charge in [0, 0.05) is 6.42 Å². The minimum atomic E-state index is -1.98. The quantitative estimate of drug-likeness (QED) is 0.0199. The van der Waals surface area contributed by atoms with Gasteiger partial charge in [0.2, 0.25) is 5.91 Å². The second-order valence-electron chi connectivity index (χ2n) is 28.5. The van der Waals surface area contributed by atoms with Crippen LogP contribution in [0.25, 0.3) is 0 Å². The third-order valence-corrected chi connectivity index (χ3v) is 20.0. The minimum absolute atomic E-state index is 0.240. The minimum Gasteiger partial charge on any atom is -0.394 e. The topological polar surface area (TPSA) is 307 Å².